The molecule has 4 nitrogen and oxygen atoms in total. The molecule has 1 aliphatic heterocycles. The molecule has 1 aromatic rings. The highest BCUT2D eigenvalue weighted by Gasteiger charge is 2.34. The van der Waals surface area contributed by atoms with Crippen LogP contribution in [0, 0.1) is 5.92 Å². The minimum atomic E-state index is 0.0313. The molecule has 1 aromatic carbocycles. The number of amides is 1. The van der Waals surface area contributed by atoms with Crippen molar-refractivity contribution < 1.29 is 9.53 Å². The molecular formula is C15H22N2O2. The zero-order valence-electron chi connectivity index (χ0n) is 11.6. The first kappa shape index (κ1) is 13.9. The van der Waals surface area contributed by atoms with Crippen molar-refractivity contribution >= 4 is 5.91 Å². The number of likely N-dealkylation sites (tertiary alicyclic amines) is 1. The highest BCUT2D eigenvalue weighted by molar-refractivity contribution is 5.97. The molecule has 2 N–H and O–H groups in total. The predicted octanol–water partition coefficient (Wildman–Crippen LogP) is 1.89. The molecule has 0 saturated carbocycles. The fourth-order valence-corrected chi connectivity index (χ4v) is 2.70. The number of benzene rings is 1. The van der Waals surface area contributed by atoms with Gasteiger partial charge in [-0.25, -0.2) is 0 Å². The van der Waals surface area contributed by atoms with Crippen LogP contribution >= 0.6 is 0 Å². The molecule has 1 aliphatic rings. The Kier molecular flexibility index (Phi) is 4.43. The Morgan fingerprint density at radius 1 is 1.47 bits per heavy atom. The second-order valence-electron chi connectivity index (χ2n) is 5.00. The summed E-state index contributed by atoms with van der Waals surface area (Å²) in [5.41, 5.74) is 6.44. The molecule has 0 aliphatic carbocycles. The van der Waals surface area contributed by atoms with Gasteiger partial charge in [0.05, 0.1) is 12.2 Å². The highest BCUT2D eigenvalue weighted by Crippen LogP contribution is 2.27. The van der Waals surface area contributed by atoms with E-state index in [0.717, 1.165) is 13.0 Å². The van der Waals surface area contributed by atoms with Crippen molar-refractivity contribution in [2.24, 2.45) is 11.7 Å². The summed E-state index contributed by atoms with van der Waals surface area (Å²) in [6.07, 6.45) is 1.02. The number of para-hydroxylation sites is 1. The van der Waals surface area contributed by atoms with Crippen molar-refractivity contribution in [3.8, 4) is 5.75 Å². The standard InChI is InChI=1S/C15H22N2O2/c1-3-19-14-7-5-4-6-12(14)15(18)17-9-8-11(2)13(17)10-16/h4-7,11,13H,3,8-10,16H2,1-2H3. The van der Waals surface area contributed by atoms with Crippen LogP contribution in [0.3, 0.4) is 0 Å². The average molecular weight is 262 g/mol. The van der Waals surface area contributed by atoms with Gasteiger partial charge in [0, 0.05) is 19.1 Å². The van der Waals surface area contributed by atoms with Crippen LogP contribution < -0.4 is 10.5 Å². The molecule has 0 spiro atoms. The van der Waals surface area contributed by atoms with Gasteiger partial charge in [0.15, 0.2) is 0 Å². The molecule has 4 heteroatoms. The van der Waals surface area contributed by atoms with Crippen molar-refractivity contribution in [1.82, 2.24) is 4.90 Å². The van der Waals surface area contributed by atoms with E-state index in [4.69, 9.17) is 10.5 Å². The topological polar surface area (TPSA) is 55.6 Å². The van der Waals surface area contributed by atoms with Gasteiger partial charge in [-0.2, -0.15) is 0 Å². The quantitative estimate of drug-likeness (QED) is 0.901. The van der Waals surface area contributed by atoms with Crippen LogP contribution in [0.25, 0.3) is 0 Å². The summed E-state index contributed by atoms with van der Waals surface area (Å²) < 4.78 is 5.53. The number of carbonyl (C=O) groups is 1. The lowest BCUT2D eigenvalue weighted by molar-refractivity contribution is 0.0723. The van der Waals surface area contributed by atoms with E-state index < -0.39 is 0 Å². The van der Waals surface area contributed by atoms with Gasteiger partial charge in [0.2, 0.25) is 0 Å². The summed E-state index contributed by atoms with van der Waals surface area (Å²) in [6.45, 7) is 5.92. The lowest BCUT2D eigenvalue weighted by Gasteiger charge is -2.26. The van der Waals surface area contributed by atoms with E-state index in [9.17, 15) is 4.79 Å². The van der Waals surface area contributed by atoms with Gasteiger partial charge in [0.25, 0.3) is 5.91 Å². The molecule has 2 unspecified atom stereocenters. The van der Waals surface area contributed by atoms with E-state index >= 15 is 0 Å². The molecule has 1 heterocycles. The molecule has 0 radical (unpaired) electrons. The predicted molar refractivity (Wildman–Crippen MR) is 75.3 cm³/mol. The van der Waals surface area contributed by atoms with Crippen LogP contribution in [-0.2, 0) is 0 Å². The Bertz CT molecular complexity index is 448. The third-order valence-corrected chi connectivity index (χ3v) is 3.80. The summed E-state index contributed by atoms with van der Waals surface area (Å²) >= 11 is 0. The van der Waals surface area contributed by atoms with Crippen LogP contribution in [0.4, 0.5) is 0 Å². The van der Waals surface area contributed by atoms with Gasteiger partial charge >= 0.3 is 0 Å². The fraction of sp³-hybridized carbons (Fsp3) is 0.533. The Hall–Kier alpha value is -1.55. The summed E-state index contributed by atoms with van der Waals surface area (Å²) in [4.78, 5) is 14.5. The van der Waals surface area contributed by atoms with Gasteiger partial charge in [-0.3, -0.25) is 4.79 Å². The Balaban J connectivity index is 2.24. The lowest BCUT2D eigenvalue weighted by atomic mass is 10.0. The largest absolute Gasteiger partial charge is 0.493 e. The van der Waals surface area contributed by atoms with E-state index in [1.807, 2.05) is 36.1 Å². The van der Waals surface area contributed by atoms with Crippen LogP contribution in [0.15, 0.2) is 24.3 Å². The molecular weight excluding hydrogens is 240 g/mol. The number of nitrogens with zero attached hydrogens (tertiary/aromatic N) is 1. The summed E-state index contributed by atoms with van der Waals surface area (Å²) in [5, 5.41) is 0. The van der Waals surface area contributed by atoms with Crippen molar-refractivity contribution in [2.45, 2.75) is 26.3 Å². The van der Waals surface area contributed by atoms with E-state index in [1.54, 1.807) is 0 Å². The van der Waals surface area contributed by atoms with Crippen LogP contribution in [0.1, 0.15) is 30.6 Å². The molecule has 0 bridgehead atoms. The van der Waals surface area contributed by atoms with Crippen LogP contribution in [0.5, 0.6) is 5.75 Å². The van der Waals surface area contributed by atoms with Crippen molar-refractivity contribution in [2.75, 3.05) is 19.7 Å². The number of nitrogens with two attached hydrogens (primary N) is 1. The first-order valence-corrected chi connectivity index (χ1v) is 6.91. The minimum Gasteiger partial charge on any atom is -0.493 e. The fourth-order valence-electron chi connectivity index (χ4n) is 2.70. The van der Waals surface area contributed by atoms with Crippen molar-refractivity contribution in [3.05, 3.63) is 29.8 Å². The van der Waals surface area contributed by atoms with E-state index in [-0.39, 0.29) is 11.9 Å². The van der Waals surface area contributed by atoms with E-state index in [1.165, 1.54) is 0 Å². The third-order valence-electron chi connectivity index (χ3n) is 3.80. The Morgan fingerprint density at radius 2 is 2.21 bits per heavy atom. The average Bonchev–Trinajstić information content (AvgIpc) is 2.80. The summed E-state index contributed by atoms with van der Waals surface area (Å²) in [7, 11) is 0. The second-order valence-corrected chi connectivity index (χ2v) is 5.00. The third kappa shape index (κ3) is 2.73. The maximum atomic E-state index is 12.6. The number of ether oxygens (including phenoxy) is 1. The van der Waals surface area contributed by atoms with Crippen molar-refractivity contribution in [1.29, 1.82) is 0 Å². The number of rotatable bonds is 4. The number of hydrogen-bond donors (Lipinski definition) is 1. The molecule has 1 amide bonds. The smallest absolute Gasteiger partial charge is 0.257 e. The van der Waals surface area contributed by atoms with Crippen LogP contribution in [-0.4, -0.2) is 36.5 Å². The molecule has 2 rings (SSSR count). The zero-order chi connectivity index (χ0) is 13.8. The Labute approximate surface area is 114 Å². The maximum absolute atomic E-state index is 12.6. The normalized spacial score (nSPS) is 22.6. The van der Waals surface area contributed by atoms with Gasteiger partial charge in [0.1, 0.15) is 5.75 Å². The Morgan fingerprint density at radius 3 is 2.89 bits per heavy atom. The highest BCUT2D eigenvalue weighted by atomic mass is 16.5. The zero-order valence-corrected chi connectivity index (χ0v) is 11.6. The van der Waals surface area contributed by atoms with E-state index in [0.29, 0.717) is 30.4 Å². The summed E-state index contributed by atoms with van der Waals surface area (Å²) in [6, 6.07) is 7.56. The van der Waals surface area contributed by atoms with Gasteiger partial charge in [-0.05, 0) is 31.4 Å². The van der Waals surface area contributed by atoms with Gasteiger partial charge in [-0.1, -0.05) is 19.1 Å². The summed E-state index contributed by atoms with van der Waals surface area (Å²) in [5.74, 6) is 1.15. The van der Waals surface area contributed by atoms with Crippen LogP contribution in [0.2, 0.25) is 0 Å². The maximum Gasteiger partial charge on any atom is 0.257 e. The molecule has 19 heavy (non-hydrogen) atoms. The SMILES string of the molecule is CCOc1ccccc1C(=O)N1CCC(C)C1CN. The van der Waals surface area contributed by atoms with Crippen molar-refractivity contribution in [3.63, 3.8) is 0 Å². The first-order chi connectivity index (χ1) is 9.19. The molecule has 104 valence electrons. The van der Waals surface area contributed by atoms with Gasteiger partial charge < -0.3 is 15.4 Å². The second kappa shape index (κ2) is 6.06. The monoisotopic (exact) mass is 262 g/mol. The number of carbonyl (C=O) groups excluding carboxylic acids is 1. The molecule has 1 saturated heterocycles. The molecule has 0 aromatic heterocycles. The first-order valence-electron chi connectivity index (χ1n) is 6.91. The van der Waals surface area contributed by atoms with Gasteiger partial charge in [-0.15, -0.1) is 0 Å². The van der Waals surface area contributed by atoms with E-state index in [2.05, 4.69) is 6.92 Å². The number of hydrogen-bond acceptors (Lipinski definition) is 3. The minimum absolute atomic E-state index is 0.0313. The lowest BCUT2D eigenvalue weighted by Crippen LogP contribution is -2.42. The molecule has 1 fully saturated rings. The molecule has 2 atom stereocenters.